The summed E-state index contributed by atoms with van der Waals surface area (Å²) < 4.78 is 0. The lowest BCUT2D eigenvalue weighted by Crippen LogP contribution is -2.12. The topological polar surface area (TPSA) is 37.3 Å². The first-order valence-electron chi connectivity index (χ1n) is 6.17. The molecule has 1 aromatic rings. The molecule has 0 aromatic carbocycles. The molecular weight excluding hydrogens is 252 g/mol. The van der Waals surface area contributed by atoms with E-state index in [2.05, 4.69) is 0 Å². The fourth-order valence-electron chi connectivity index (χ4n) is 3.29. The van der Waals surface area contributed by atoms with Gasteiger partial charge >= 0.3 is 5.97 Å². The van der Waals surface area contributed by atoms with Gasteiger partial charge in [-0.15, -0.1) is 23.1 Å². The Balaban J connectivity index is 1.55. The van der Waals surface area contributed by atoms with Crippen LogP contribution >= 0.6 is 23.1 Å². The molecule has 0 aliphatic heterocycles. The van der Waals surface area contributed by atoms with E-state index in [1.165, 1.54) is 42.8 Å². The number of hydrogen-bond acceptors (Lipinski definition) is 3. The zero-order valence-electron chi connectivity index (χ0n) is 9.59. The highest BCUT2D eigenvalue weighted by atomic mass is 32.2. The molecule has 3 unspecified atom stereocenters. The summed E-state index contributed by atoms with van der Waals surface area (Å²) in [4.78, 5) is 12.4. The fourth-order valence-corrected chi connectivity index (χ4v) is 5.40. The van der Waals surface area contributed by atoms with Crippen molar-refractivity contribution in [1.82, 2.24) is 0 Å². The molecule has 3 atom stereocenters. The molecule has 0 radical (unpaired) electrons. The summed E-state index contributed by atoms with van der Waals surface area (Å²) in [7, 11) is 0. The Hall–Kier alpha value is -0.480. The number of carbonyl (C=O) groups is 1. The van der Waals surface area contributed by atoms with Crippen LogP contribution < -0.4 is 0 Å². The lowest BCUT2D eigenvalue weighted by atomic mass is 9.90. The van der Waals surface area contributed by atoms with E-state index in [0.29, 0.717) is 4.88 Å². The van der Waals surface area contributed by atoms with Crippen molar-refractivity contribution in [3.63, 3.8) is 0 Å². The molecule has 2 bridgehead atoms. The van der Waals surface area contributed by atoms with E-state index in [9.17, 15) is 4.79 Å². The largest absolute Gasteiger partial charge is 0.477 e. The Morgan fingerprint density at radius 2 is 2.35 bits per heavy atom. The van der Waals surface area contributed by atoms with E-state index in [1.54, 1.807) is 0 Å². The quantitative estimate of drug-likeness (QED) is 0.839. The number of hydrogen-bond donors (Lipinski definition) is 1. The summed E-state index contributed by atoms with van der Waals surface area (Å²) in [5.41, 5.74) is 0. The molecule has 3 rings (SSSR count). The number of carboxylic acids is 1. The number of aromatic carboxylic acids is 1. The van der Waals surface area contributed by atoms with Gasteiger partial charge in [0.05, 0.1) is 0 Å². The van der Waals surface area contributed by atoms with Gasteiger partial charge in [0.15, 0.2) is 0 Å². The van der Waals surface area contributed by atoms with Crippen molar-refractivity contribution >= 4 is 29.1 Å². The molecule has 2 fully saturated rings. The molecule has 0 saturated heterocycles. The highest BCUT2D eigenvalue weighted by Gasteiger charge is 2.39. The minimum absolute atomic E-state index is 0.459. The number of thiophene rings is 1. The van der Waals surface area contributed by atoms with E-state index in [0.717, 1.165) is 22.6 Å². The maximum atomic E-state index is 10.8. The number of rotatable bonds is 4. The average Bonchev–Trinajstić information content (AvgIpc) is 3.02. The predicted octanol–water partition coefficient (Wildman–Crippen LogP) is 3.97. The molecule has 0 spiro atoms. The Bertz CT molecular complexity index is 427. The van der Waals surface area contributed by atoms with E-state index >= 15 is 0 Å². The van der Waals surface area contributed by atoms with Crippen LogP contribution in [0.4, 0.5) is 0 Å². The van der Waals surface area contributed by atoms with Gasteiger partial charge < -0.3 is 5.11 Å². The van der Waals surface area contributed by atoms with Gasteiger partial charge in [-0.25, -0.2) is 4.79 Å². The third-order valence-electron chi connectivity index (χ3n) is 4.13. The number of carboxylic acid groups (broad SMARTS) is 1. The molecule has 2 aliphatic rings. The first-order chi connectivity index (χ1) is 8.22. The van der Waals surface area contributed by atoms with Crippen molar-refractivity contribution in [1.29, 1.82) is 0 Å². The van der Waals surface area contributed by atoms with Crippen LogP contribution in [0.15, 0.2) is 16.3 Å². The van der Waals surface area contributed by atoms with E-state index < -0.39 is 5.97 Å². The predicted molar refractivity (Wildman–Crippen MR) is 70.9 cm³/mol. The molecule has 0 amide bonds. The van der Waals surface area contributed by atoms with Gasteiger partial charge in [-0.1, -0.05) is 6.42 Å². The van der Waals surface area contributed by atoms with Gasteiger partial charge in [0, 0.05) is 16.0 Å². The Labute approximate surface area is 109 Å². The van der Waals surface area contributed by atoms with Crippen LogP contribution in [0, 0.1) is 17.8 Å². The summed E-state index contributed by atoms with van der Waals surface area (Å²) in [6.07, 6.45) is 5.75. The molecule has 1 N–H and O–H groups in total. The average molecular weight is 268 g/mol. The van der Waals surface area contributed by atoms with Crippen LogP contribution in [0.1, 0.15) is 35.4 Å². The van der Waals surface area contributed by atoms with Crippen LogP contribution in [-0.2, 0) is 0 Å². The van der Waals surface area contributed by atoms with Gasteiger partial charge in [-0.05, 0) is 43.1 Å². The molecule has 2 nitrogen and oxygen atoms in total. The van der Waals surface area contributed by atoms with Gasteiger partial charge in [0.25, 0.3) is 0 Å². The molecular formula is C13H16O2S2. The van der Waals surface area contributed by atoms with Crippen molar-refractivity contribution in [3.05, 3.63) is 16.3 Å². The van der Waals surface area contributed by atoms with E-state index in [-0.39, 0.29) is 0 Å². The highest BCUT2D eigenvalue weighted by molar-refractivity contribution is 7.99. The van der Waals surface area contributed by atoms with Crippen LogP contribution in [0.25, 0.3) is 0 Å². The van der Waals surface area contributed by atoms with Crippen molar-refractivity contribution in [2.75, 3.05) is 5.75 Å². The molecule has 1 aromatic heterocycles. The van der Waals surface area contributed by atoms with Gasteiger partial charge in [0.2, 0.25) is 0 Å². The molecule has 1 heterocycles. The van der Waals surface area contributed by atoms with E-state index in [1.807, 2.05) is 23.2 Å². The van der Waals surface area contributed by atoms with Crippen molar-refractivity contribution in [2.24, 2.45) is 17.8 Å². The van der Waals surface area contributed by atoms with Crippen LogP contribution in [0.5, 0.6) is 0 Å². The Morgan fingerprint density at radius 1 is 1.47 bits per heavy atom. The fraction of sp³-hybridized carbons (Fsp3) is 0.615. The second kappa shape index (κ2) is 4.65. The normalized spacial score (nSPS) is 30.9. The van der Waals surface area contributed by atoms with Gasteiger partial charge in [-0.3, -0.25) is 0 Å². The van der Waals surface area contributed by atoms with Crippen LogP contribution in [0.3, 0.4) is 0 Å². The lowest BCUT2D eigenvalue weighted by Gasteiger charge is -2.20. The Morgan fingerprint density at radius 3 is 2.94 bits per heavy atom. The van der Waals surface area contributed by atoms with Crippen LogP contribution in [0.2, 0.25) is 0 Å². The van der Waals surface area contributed by atoms with Crippen molar-refractivity contribution in [2.45, 2.75) is 30.6 Å². The van der Waals surface area contributed by atoms with Crippen LogP contribution in [-0.4, -0.2) is 16.8 Å². The molecule has 92 valence electrons. The zero-order chi connectivity index (χ0) is 11.8. The number of fused-ring (bicyclic) bond motifs is 2. The summed E-state index contributed by atoms with van der Waals surface area (Å²) in [6, 6.07) is 1.81. The summed E-state index contributed by atoms with van der Waals surface area (Å²) in [5.74, 6) is 3.22. The maximum absolute atomic E-state index is 10.8. The lowest BCUT2D eigenvalue weighted by molar-refractivity contribution is 0.0702. The summed E-state index contributed by atoms with van der Waals surface area (Å²) >= 11 is 3.18. The minimum atomic E-state index is -0.804. The number of thioether (sulfide) groups is 1. The monoisotopic (exact) mass is 268 g/mol. The first kappa shape index (κ1) is 11.6. The first-order valence-corrected chi connectivity index (χ1v) is 8.03. The molecule has 2 aliphatic carbocycles. The smallest absolute Gasteiger partial charge is 0.345 e. The summed E-state index contributed by atoms with van der Waals surface area (Å²) in [5, 5.41) is 10.8. The third kappa shape index (κ3) is 2.38. The van der Waals surface area contributed by atoms with Crippen molar-refractivity contribution < 1.29 is 9.90 Å². The second-order valence-electron chi connectivity index (χ2n) is 5.20. The minimum Gasteiger partial charge on any atom is -0.477 e. The zero-order valence-corrected chi connectivity index (χ0v) is 11.2. The molecule has 2 saturated carbocycles. The standard InChI is InChI=1S/C13H16O2S2/c14-13(15)12-5-11(7-17-12)16-6-10-4-8-1-2-9(10)3-8/h5,7-10H,1-4,6H2,(H,14,15). The molecule has 17 heavy (non-hydrogen) atoms. The Kier molecular flexibility index (Phi) is 3.17. The van der Waals surface area contributed by atoms with Crippen molar-refractivity contribution in [3.8, 4) is 0 Å². The maximum Gasteiger partial charge on any atom is 0.345 e. The van der Waals surface area contributed by atoms with E-state index in [4.69, 9.17) is 5.11 Å². The van der Waals surface area contributed by atoms with Gasteiger partial charge in [-0.2, -0.15) is 0 Å². The highest BCUT2D eigenvalue weighted by Crippen LogP contribution is 2.49. The third-order valence-corrected chi connectivity index (χ3v) is 6.37. The SMILES string of the molecule is O=C(O)c1cc(SCC2CC3CCC2C3)cs1. The summed E-state index contributed by atoms with van der Waals surface area (Å²) in [6.45, 7) is 0. The molecule has 4 heteroatoms. The van der Waals surface area contributed by atoms with Gasteiger partial charge in [0.1, 0.15) is 4.88 Å². The second-order valence-corrected chi connectivity index (χ2v) is 7.20.